The molecule has 0 fully saturated rings. The first-order chi connectivity index (χ1) is 7.38. The van der Waals surface area contributed by atoms with E-state index < -0.39 is 0 Å². The highest BCUT2D eigenvalue weighted by Crippen LogP contribution is 2.12. The number of benzene rings is 1. The molecule has 3 nitrogen and oxygen atoms in total. The van der Waals surface area contributed by atoms with E-state index in [4.69, 9.17) is 9.84 Å². The number of methoxy groups -OCH3 is 1. The van der Waals surface area contributed by atoms with E-state index in [9.17, 15) is 0 Å². The van der Waals surface area contributed by atoms with Gasteiger partial charge in [-0.1, -0.05) is 30.3 Å². The van der Waals surface area contributed by atoms with Crippen LogP contribution in [0.5, 0.6) is 0 Å². The molecule has 0 amide bonds. The zero-order valence-corrected chi connectivity index (χ0v) is 9.15. The van der Waals surface area contributed by atoms with Crippen molar-refractivity contribution in [2.45, 2.75) is 12.5 Å². The third-order valence-electron chi connectivity index (χ3n) is 2.26. The Labute approximate surface area is 91.1 Å². The van der Waals surface area contributed by atoms with Gasteiger partial charge in [-0.25, -0.2) is 0 Å². The lowest BCUT2D eigenvalue weighted by molar-refractivity contribution is 0.165. The predicted octanol–water partition coefficient (Wildman–Crippen LogP) is 1.35. The van der Waals surface area contributed by atoms with Crippen molar-refractivity contribution in [2.24, 2.45) is 0 Å². The van der Waals surface area contributed by atoms with Gasteiger partial charge in [0.2, 0.25) is 0 Å². The minimum Gasteiger partial charge on any atom is -0.396 e. The molecule has 0 saturated carbocycles. The number of nitrogens with one attached hydrogen (secondary N) is 1. The molecule has 3 heteroatoms. The summed E-state index contributed by atoms with van der Waals surface area (Å²) in [4.78, 5) is 0. The topological polar surface area (TPSA) is 41.5 Å². The van der Waals surface area contributed by atoms with Crippen molar-refractivity contribution in [3.63, 3.8) is 0 Å². The first kappa shape index (κ1) is 12.2. The SMILES string of the molecule is COCC(NCCCO)c1ccccc1. The second-order valence-electron chi connectivity index (χ2n) is 3.45. The van der Waals surface area contributed by atoms with Gasteiger partial charge in [0.05, 0.1) is 12.6 Å². The maximum absolute atomic E-state index is 8.71. The van der Waals surface area contributed by atoms with Gasteiger partial charge in [0.1, 0.15) is 0 Å². The van der Waals surface area contributed by atoms with E-state index in [1.54, 1.807) is 7.11 Å². The van der Waals surface area contributed by atoms with Gasteiger partial charge in [-0.3, -0.25) is 0 Å². The quantitative estimate of drug-likeness (QED) is 0.666. The van der Waals surface area contributed by atoms with Crippen LogP contribution in [-0.2, 0) is 4.74 Å². The second-order valence-corrected chi connectivity index (χ2v) is 3.45. The molecule has 1 unspecified atom stereocenters. The van der Waals surface area contributed by atoms with Crippen molar-refractivity contribution >= 4 is 0 Å². The fraction of sp³-hybridized carbons (Fsp3) is 0.500. The van der Waals surface area contributed by atoms with Crippen molar-refractivity contribution < 1.29 is 9.84 Å². The van der Waals surface area contributed by atoms with Crippen LogP contribution >= 0.6 is 0 Å². The van der Waals surface area contributed by atoms with E-state index in [0.29, 0.717) is 6.61 Å². The Morgan fingerprint density at radius 3 is 2.67 bits per heavy atom. The van der Waals surface area contributed by atoms with E-state index >= 15 is 0 Å². The summed E-state index contributed by atoms with van der Waals surface area (Å²) in [5.74, 6) is 0. The molecule has 2 N–H and O–H groups in total. The summed E-state index contributed by atoms with van der Waals surface area (Å²) >= 11 is 0. The number of aliphatic hydroxyl groups is 1. The Bertz CT molecular complexity index is 251. The van der Waals surface area contributed by atoms with Crippen molar-refractivity contribution in [3.05, 3.63) is 35.9 Å². The van der Waals surface area contributed by atoms with Crippen molar-refractivity contribution in [2.75, 3.05) is 26.9 Å². The lowest BCUT2D eigenvalue weighted by atomic mass is 10.1. The van der Waals surface area contributed by atoms with Gasteiger partial charge < -0.3 is 15.2 Å². The minimum absolute atomic E-state index is 0.211. The first-order valence-corrected chi connectivity index (χ1v) is 5.26. The highest BCUT2D eigenvalue weighted by atomic mass is 16.5. The molecule has 0 aliphatic rings. The average Bonchev–Trinajstić information content (AvgIpc) is 2.29. The van der Waals surface area contributed by atoms with E-state index in [2.05, 4.69) is 17.4 Å². The molecule has 0 aliphatic carbocycles. The lowest BCUT2D eigenvalue weighted by Gasteiger charge is -2.18. The molecule has 1 rings (SSSR count). The van der Waals surface area contributed by atoms with E-state index in [0.717, 1.165) is 13.0 Å². The minimum atomic E-state index is 0.211. The van der Waals surface area contributed by atoms with Crippen molar-refractivity contribution in [1.29, 1.82) is 0 Å². The molecular formula is C12H19NO2. The van der Waals surface area contributed by atoms with Crippen LogP contribution in [-0.4, -0.2) is 32.0 Å². The monoisotopic (exact) mass is 209 g/mol. The number of rotatable bonds is 7. The zero-order chi connectivity index (χ0) is 10.9. The summed E-state index contributed by atoms with van der Waals surface area (Å²) in [6.45, 7) is 1.68. The summed E-state index contributed by atoms with van der Waals surface area (Å²) in [7, 11) is 1.70. The number of hydrogen-bond donors (Lipinski definition) is 2. The molecule has 0 bridgehead atoms. The summed E-state index contributed by atoms with van der Waals surface area (Å²) in [5.41, 5.74) is 1.22. The van der Waals surface area contributed by atoms with Gasteiger partial charge in [0, 0.05) is 13.7 Å². The van der Waals surface area contributed by atoms with E-state index in [-0.39, 0.29) is 12.6 Å². The Morgan fingerprint density at radius 2 is 2.07 bits per heavy atom. The van der Waals surface area contributed by atoms with Crippen LogP contribution in [0.15, 0.2) is 30.3 Å². The van der Waals surface area contributed by atoms with Crippen LogP contribution < -0.4 is 5.32 Å². The third kappa shape index (κ3) is 4.42. The van der Waals surface area contributed by atoms with Crippen LogP contribution in [0.4, 0.5) is 0 Å². The number of ether oxygens (including phenoxy) is 1. The molecular weight excluding hydrogens is 190 g/mol. The van der Waals surface area contributed by atoms with Crippen molar-refractivity contribution in [1.82, 2.24) is 5.32 Å². The molecule has 0 aromatic heterocycles. The van der Waals surface area contributed by atoms with Crippen LogP contribution in [0.3, 0.4) is 0 Å². The highest BCUT2D eigenvalue weighted by Gasteiger charge is 2.08. The second kappa shape index (κ2) is 7.40. The Balaban J connectivity index is 2.50. The number of hydrogen-bond acceptors (Lipinski definition) is 3. The number of aliphatic hydroxyl groups excluding tert-OH is 1. The predicted molar refractivity (Wildman–Crippen MR) is 60.8 cm³/mol. The Morgan fingerprint density at radius 1 is 1.33 bits per heavy atom. The summed E-state index contributed by atoms with van der Waals surface area (Å²) < 4.78 is 5.16. The maximum Gasteiger partial charge on any atom is 0.0657 e. The van der Waals surface area contributed by atoms with Gasteiger partial charge in [0.15, 0.2) is 0 Å². The normalized spacial score (nSPS) is 12.7. The Kier molecular flexibility index (Phi) is 6.00. The molecule has 84 valence electrons. The molecule has 15 heavy (non-hydrogen) atoms. The van der Waals surface area contributed by atoms with Crippen LogP contribution in [0.1, 0.15) is 18.0 Å². The zero-order valence-electron chi connectivity index (χ0n) is 9.15. The van der Waals surface area contributed by atoms with Gasteiger partial charge in [-0.15, -0.1) is 0 Å². The van der Waals surface area contributed by atoms with Crippen LogP contribution in [0.2, 0.25) is 0 Å². The maximum atomic E-state index is 8.71. The summed E-state index contributed by atoms with van der Waals surface area (Å²) in [5, 5.41) is 12.1. The standard InChI is InChI=1S/C12H19NO2/c1-15-10-12(13-8-5-9-14)11-6-3-2-4-7-11/h2-4,6-7,12-14H,5,8-10H2,1H3. The lowest BCUT2D eigenvalue weighted by Crippen LogP contribution is -2.26. The first-order valence-electron chi connectivity index (χ1n) is 5.26. The molecule has 0 saturated heterocycles. The smallest absolute Gasteiger partial charge is 0.0657 e. The molecule has 0 radical (unpaired) electrons. The summed E-state index contributed by atoms with van der Waals surface area (Å²) in [6.07, 6.45) is 0.771. The highest BCUT2D eigenvalue weighted by molar-refractivity contribution is 5.18. The summed E-state index contributed by atoms with van der Waals surface area (Å²) in [6, 6.07) is 10.4. The van der Waals surface area contributed by atoms with E-state index in [1.165, 1.54) is 5.56 Å². The fourth-order valence-corrected chi connectivity index (χ4v) is 1.48. The molecule has 0 spiro atoms. The largest absolute Gasteiger partial charge is 0.396 e. The van der Waals surface area contributed by atoms with Gasteiger partial charge in [-0.05, 0) is 18.5 Å². The molecule has 1 atom stereocenters. The fourth-order valence-electron chi connectivity index (χ4n) is 1.48. The van der Waals surface area contributed by atoms with Gasteiger partial charge in [0.25, 0.3) is 0 Å². The van der Waals surface area contributed by atoms with Gasteiger partial charge >= 0.3 is 0 Å². The molecule has 0 aliphatic heterocycles. The Hall–Kier alpha value is -0.900. The molecule has 0 heterocycles. The van der Waals surface area contributed by atoms with Crippen LogP contribution in [0, 0.1) is 0 Å². The van der Waals surface area contributed by atoms with E-state index in [1.807, 2.05) is 18.2 Å². The van der Waals surface area contributed by atoms with Crippen LogP contribution in [0.25, 0.3) is 0 Å². The molecule has 1 aromatic carbocycles. The molecule has 1 aromatic rings. The average molecular weight is 209 g/mol. The third-order valence-corrected chi connectivity index (χ3v) is 2.26. The van der Waals surface area contributed by atoms with Crippen molar-refractivity contribution in [3.8, 4) is 0 Å². The van der Waals surface area contributed by atoms with Gasteiger partial charge in [-0.2, -0.15) is 0 Å².